The van der Waals surface area contributed by atoms with E-state index in [0.717, 1.165) is 85.1 Å². The van der Waals surface area contributed by atoms with Crippen molar-refractivity contribution < 1.29 is 0 Å². The van der Waals surface area contributed by atoms with E-state index in [1.165, 1.54) is 27.8 Å². The summed E-state index contributed by atoms with van der Waals surface area (Å²) < 4.78 is 0. The lowest BCUT2D eigenvalue weighted by atomic mass is 10.1. The highest BCUT2D eigenvalue weighted by Gasteiger charge is 2.14. The highest BCUT2D eigenvalue weighted by atomic mass is 15.2. The molecule has 0 bridgehead atoms. The lowest BCUT2D eigenvalue weighted by Crippen LogP contribution is -2.41. The zero-order chi connectivity index (χ0) is 32.9. The van der Waals surface area contributed by atoms with Gasteiger partial charge in [0.1, 0.15) is 0 Å². The van der Waals surface area contributed by atoms with Gasteiger partial charge in [-0.2, -0.15) is 0 Å². The molecule has 0 saturated carbocycles. The average molecular weight is 640 g/mol. The number of hydrogen-bond donors (Lipinski definition) is 2. The molecule has 48 heavy (non-hydrogen) atoms. The van der Waals surface area contributed by atoms with E-state index < -0.39 is 0 Å². The summed E-state index contributed by atoms with van der Waals surface area (Å²) in [4.78, 5) is 7.86. The number of nitrogens with zero attached hydrogens (tertiary/aromatic N) is 3. The molecule has 0 atom stereocenters. The second-order valence-electron chi connectivity index (χ2n) is 12.6. The molecular formula is C43H53N5. The Balaban J connectivity index is 1.18. The third-order valence-electron chi connectivity index (χ3n) is 8.72. The molecule has 250 valence electrons. The van der Waals surface area contributed by atoms with Crippen molar-refractivity contribution in [3.05, 3.63) is 179 Å². The van der Waals surface area contributed by atoms with Gasteiger partial charge in [0.05, 0.1) is 0 Å². The monoisotopic (exact) mass is 639 g/mol. The fourth-order valence-corrected chi connectivity index (χ4v) is 6.05. The minimum Gasteiger partial charge on any atom is -0.314 e. The summed E-state index contributed by atoms with van der Waals surface area (Å²) in [6.45, 7) is 12.7. The standard InChI is InChI=1S/C43H53N5/c1-6-16-39(17-7-1)34-45-27-26-44-28-29-46(35-40-18-8-2-9-19-40)30-31-47(36-41-20-10-3-11-21-41)32-33-48(37-42-22-12-4-13-23-42)38-43-24-14-5-15-25-43/h1-25,44-45H,26-38H2. The summed E-state index contributed by atoms with van der Waals surface area (Å²) in [5, 5.41) is 7.24. The van der Waals surface area contributed by atoms with Crippen LogP contribution < -0.4 is 10.6 Å². The van der Waals surface area contributed by atoms with Crippen LogP contribution in [0.5, 0.6) is 0 Å². The highest BCUT2D eigenvalue weighted by molar-refractivity contribution is 5.18. The number of hydrogen-bond acceptors (Lipinski definition) is 5. The molecule has 0 heterocycles. The molecule has 0 saturated heterocycles. The Morgan fingerprint density at radius 1 is 0.292 bits per heavy atom. The molecule has 0 aliphatic carbocycles. The van der Waals surface area contributed by atoms with Crippen LogP contribution in [0.15, 0.2) is 152 Å². The van der Waals surface area contributed by atoms with Gasteiger partial charge in [0, 0.05) is 85.1 Å². The van der Waals surface area contributed by atoms with Crippen LogP contribution in [0.1, 0.15) is 27.8 Å². The molecule has 0 radical (unpaired) electrons. The Morgan fingerprint density at radius 2 is 0.604 bits per heavy atom. The SMILES string of the molecule is c1ccc(CNCCNCCN(CCN(CCN(Cc2ccccc2)Cc2ccccc2)Cc2ccccc2)Cc2ccccc2)cc1. The van der Waals surface area contributed by atoms with Gasteiger partial charge in [0.2, 0.25) is 0 Å². The van der Waals surface area contributed by atoms with Gasteiger partial charge in [0.25, 0.3) is 0 Å². The topological polar surface area (TPSA) is 33.8 Å². The Hall–Kier alpha value is -4.10. The molecular weight excluding hydrogens is 587 g/mol. The maximum atomic E-state index is 3.68. The van der Waals surface area contributed by atoms with Crippen LogP contribution >= 0.6 is 0 Å². The number of benzene rings is 5. The summed E-state index contributed by atoms with van der Waals surface area (Å²) in [7, 11) is 0. The van der Waals surface area contributed by atoms with Gasteiger partial charge in [-0.15, -0.1) is 0 Å². The Morgan fingerprint density at radius 3 is 1.02 bits per heavy atom. The lowest BCUT2D eigenvalue weighted by molar-refractivity contribution is 0.161. The highest BCUT2D eigenvalue weighted by Crippen LogP contribution is 2.12. The van der Waals surface area contributed by atoms with E-state index in [0.29, 0.717) is 0 Å². The zero-order valence-electron chi connectivity index (χ0n) is 28.5. The first-order valence-corrected chi connectivity index (χ1v) is 17.6. The van der Waals surface area contributed by atoms with Crippen molar-refractivity contribution in [3.8, 4) is 0 Å². The second kappa shape index (κ2) is 21.0. The van der Waals surface area contributed by atoms with Crippen molar-refractivity contribution in [2.75, 3.05) is 52.4 Å². The van der Waals surface area contributed by atoms with Crippen molar-refractivity contribution in [3.63, 3.8) is 0 Å². The summed E-state index contributed by atoms with van der Waals surface area (Å²) in [6, 6.07) is 54.3. The first-order chi connectivity index (χ1) is 23.8. The van der Waals surface area contributed by atoms with Crippen molar-refractivity contribution in [2.24, 2.45) is 0 Å². The van der Waals surface area contributed by atoms with Crippen LogP contribution in [0.3, 0.4) is 0 Å². The third kappa shape index (κ3) is 13.6. The number of rotatable bonds is 22. The minimum absolute atomic E-state index is 0.911. The van der Waals surface area contributed by atoms with Crippen molar-refractivity contribution in [1.29, 1.82) is 0 Å². The smallest absolute Gasteiger partial charge is 0.0237 e. The van der Waals surface area contributed by atoms with Crippen LogP contribution in [0, 0.1) is 0 Å². The third-order valence-corrected chi connectivity index (χ3v) is 8.72. The molecule has 0 amide bonds. The van der Waals surface area contributed by atoms with E-state index in [9.17, 15) is 0 Å². The molecule has 5 aromatic carbocycles. The summed E-state index contributed by atoms with van der Waals surface area (Å²) in [5.74, 6) is 0. The second-order valence-corrected chi connectivity index (χ2v) is 12.6. The molecule has 0 spiro atoms. The lowest BCUT2D eigenvalue weighted by Gasteiger charge is -2.30. The first-order valence-electron chi connectivity index (χ1n) is 17.6. The van der Waals surface area contributed by atoms with Crippen molar-refractivity contribution in [1.82, 2.24) is 25.3 Å². The summed E-state index contributed by atoms with van der Waals surface area (Å²) >= 11 is 0. The van der Waals surface area contributed by atoms with E-state index in [2.05, 4.69) is 177 Å². The maximum absolute atomic E-state index is 3.68. The van der Waals surface area contributed by atoms with Gasteiger partial charge in [0.15, 0.2) is 0 Å². The van der Waals surface area contributed by atoms with Gasteiger partial charge in [-0.05, 0) is 27.8 Å². The zero-order valence-corrected chi connectivity index (χ0v) is 28.5. The Kier molecular flexibility index (Phi) is 15.4. The molecule has 5 rings (SSSR count). The van der Waals surface area contributed by atoms with Gasteiger partial charge in [-0.1, -0.05) is 152 Å². The van der Waals surface area contributed by atoms with Crippen molar-refractivity contribution in [2.45, 2.75) is 32.7 Å². The largest absolute Gasteiger partial charge is 0.314 e. The van der Waals surface area contributed by atoms with E-state index in [1.807, 2.05) is 0 Å². The van der Waals surface area contributed by atoms with Gasteiger partial charge >= 0.3 is 0 Å². The predicted molar refractivity (Wildman–Crippen MR) is 201 cm³/mol. The normalized spacial score (nSPS) is 11.5. The molecule has 2 N–H and O–H groups in total. The molecule has 0 aromatic heterocycles. The molecule has 0 aliphatic heterocycles. The molecule has 0 unspecified atom stereocenters. The molecule has 5 heteroatoms. The van der Waals surface area contributed by atoms with Crippen LogP contribution in [0.4, 0.5) is 0 Å². The van der Waals surface area contributed by atoms with E-state index >= 15 is 0 Å². The van der Waals surface area contributed by atoms with Crippen molar-refractivity contribution >= 4 is 0 Å². The van der Waals surface area contributed by atoms with E-state index in [-0.39, 0.29) is 0 Å². The van der Waals surface area contributed by atoms with Crippen LogP contribution in [0.25, 0.3) is 0 Å². The molecule has 0 fully saturated rings. The minimum atomic E-state index is 0.911. The fourth-order valence-electron chi connectivity index (χ4n) is 6.05. The van der Waals surface area contributed by atoms with Gasteiger partial charge in [-0.25, -0.2) is 0 Å². The van der Waals surface area contributed by atoms with E-state index in [1.54, 1.807) is 0 Å². The number of nitrogens with one attached hydrogen (secondary N) is 2. The van der Waals surface area contributed by atoms with Crippen LogP contribution in [0.2, 0.25) is 0 Å². The Labute approximate surface area is 289 Å². The van der Waals surface area contributed by atoms with Gasteiger partial charge in [-0.3, -0.25) is 14.7 Å². The van der Waals surface area contributed by atoms with Crippen LogP contribution in [-0.4, -0.2) is 67.1 Å². The maximum Gasteiger partial charge on any atom is 0.0237 e. The average Bonchev–Trinajstić information content (AvgIpc) is 3.14. The van der Waals surface area contributed by atoms with E-state index in [4.69, 9.17) is 0 Å². The first kappa shape index (κ1) is 35.2. The predicted octanol–water partition coefficient (Wildman–Crippen LogP) is 7.07. The summed E-state index contributed by atoms with van der Waals surface area (Å²) in [6.07, 6.45) is 0. The fraction of sp³-hybridized carbons (Fsp3) is 0.302. The quantitative estimate of drug-likeness (QED) is 0.0792. The van der Waals surface area contributed by atoms with Crippen LogP contribution in [-0.2, 0) is 32.7 Å². The molecule has 5 nitrogen and oxygen atoms in total. The Bertz CT molecular complexity index is 1460. The van der Waals surface area contributed by atoms with Gasteiger partial charge < -0.3 is 10.6 Å². The molecule has 5 aromatic rings. The molecule has 0 aliphatic rings. The summed E-state index contributed by atoms with van der Waals surface area (Å²) in [5.41, 5.74) is 6.79.